The van der Waals surface area contributed by atoms with Gasteiger partial charge in [-0.25, -0.2) is 8.42 Å². The summed E-state index contributed by atoms with van der Waals surface area (Å²) in [5, 5.41) is 0.886. The van der Waals surface area contributed by atoms with Gasteiger partial charge in [0.2, 0.25) is 10.0 Å². The maximum Gasteiger partial charge on any atom is 0.243 e. The Morgan fingerprint density at radius 2 is 1.63 bits per heavy atom. The number of hydrogen-bond acceptors (Lipinski definition) is 5. The van der Waals surface area contributed by atoms with Gasteiger partial charge in [-0.3, -0.25) is 9.78 Å². The van der Waals surface area contributed by atoms with E-state index in [4.69, 9.17) is 23.2 Å². The van der Waals surface area contributed by atoms with Crippen LogP contribution in [0.3, 0.4) is 0 Å². The molecular weight excluding hydrogens is 409 g/mol. The van der Waals surface area contributed by atoms with Crippen molar-refractivity contribution < 1.29 is 13.2 Å². The van der Waals surface area contributed by atoms with Crippen LogP contribution >= 0.6 is 23.2 Å². The summed E-state index contributed by atoms with van der Waals surface area (Å²) >= 11 is 12.5. The van der Waals surface area contributed by atoms with Crippen molar-refractivity contribution in [3.63, 3.8) is 0 Å². The van der Waals surface area contributed by atoms with Crippen LogP contribution in [-0.4, -0.2) is 49.7 Å². The molecule has 1 aliphatic heterocycles. The second-order valence-corrected chi connectivity index (χ2v) is 9.03. The van der Waals surface area contributed by atoms with E-state index in [1.165, 1.54) is 47.9 Å². The zero-order valence-electron chi connectivity index (χ0n) is 14.7. The number of anilines is 1. The molecular formula is C18H19Cl2N3O3S. The molecule has 0 saturated carbocycles. The summed E-state index contributed by atoms with van der Waals surface area (Å²) in [5.41, 5.74) is 1.16. The van der Waals surface area contributed by atoms with E-state index >= 15 is 0 Å². The summed E-state index contributed by atoms with van der Waals surface area (Å²) in [6, 6.07) is 6.03. The van der Waals surface area contributed by atoms with Crippen LogP contribution in [0, 0.1) is 0 Å². The highest BCUT2D eigenvalue weighted by molar-refractivity contribution is 7.89. The van der Waals surface area contributed by atoms with Gasteiger partial charge in [-0.15, -0.1) is 0 Å². The predicted molar refractivity (Wildman–Crippen MR) is 106 cm³/mol. The van der Waals surface area contributed by atoms with Crippen molar-refractivity contribution in [1.29, 1.82) is 0 Å². The number of aromatic nitrogens is 1. The summed E-state index contributed by atoms with van der Waals surface area (Å²) in [7, 11) is -3.64. The third-order valence-electron chi connectivity index (χ3n) is 4.50. The maximum atomic E-state index is 13.0. The molecule has 1 fully saturated rings. The number of carbonyl (C=O) groups is 1. The van der Waals surface area contributed by atoms with Gasteiger partial charge < -0.3 is 4.90 Å². The highest BCUT2D eigenvalue weighted by Gasteiger charge is 2.28. The average molecular weight is 428 g/mol. The Kier molecular flexibility index (Phi) is 6.05. The quantitative estimate of drug-likeness (QED) is 0.698. The van der Waals surface area contributed by atoms with Gasteiger partial charge in [-0.2, -0.15) is 4.31 Å². The lowest BCUT2D eigenvalue weighted by atomic mass is 10.2. The van der Waals surface area contributed by atoms with E-state index in [0.717, 1.165) is 0 Å². The lowest BCUT2D eigenvalue weighted by Gasteiger charge is -2.25. The van der Waals surface area contributed by atoms with E-state index < -0.39 is 10.0 Å². The van der Waals surface area contributed by atoms with E-state index in [-0.39, 0.29) is 10.7 Å². The van der Waals surface area contributed by atoms with Gasteiger partial charge in [0.1, 0.15) is 0 Å². The Morgan fingerprint density at radius 1 is 1.00 bits per heavy atom. The van der Waals surface area contributed by atoms with E-state index in [2.05, 4.69) is 4.98 Å². The Balaban J connectivity index is 1.80. The topological polar surface area (TPSA) is 70.6 Å². The van der Waals surface area contributed by atoms with Gasteiger partial charge in [0, 0.05) is 44.1 Å². The molecule has 9 heteroatoms. The molecule has 1 aromatic carbocycles. The van der Waals surface area contributed by atoms with Crippen LogP contribution in [0.1, 0.15) is 23.7 Å². The Labute approximate surface area is 168 Å². The number of carbonyl (C=O) groups excluding carboxylic acids is 1. The van der Waals surface area contributed by atoms with E-state index in [1.807, 2.05) is 4.90 Å². The zero-order chi connectivity index (χ0) is 19.6. The molecule has 0 bridgehead atoms. The number of benzene rings is 1. The van der Waals surface area contributed by atoms with Crippen LogP contribution < -0.4 is 4.90 Å². The SMILES string of the molecule is CC(=O)c1ccc(S(=O)(=O)N2CCCN(c3c(Cl)cncc3Cl)CC2)cc1. The molecule has 0 aliphatic carbocycles. The van der Waals surface area contributed by atoms with Crippen LogP contribution in [-0.2, 0) is 10.0 Å². The summed E-state index contributed by atoms with van der Waals surface area (Å²) in [6.45, 7) is 3.26. The molecule has 144 valence electrons. The number of Topliss-reactive ketones (excluding diaryl/α,β-unsaturated/α-hetero) is 1. The normalized spacial score (nSPS) is 16.2. The molecule has 0 unspecified atom stereocenters. The second kappa shape index (κ2) is 8.14. The molecule has 0 spiro atoms. The maximum absolute atomic E-state index is 13.0. The fraction of sp³-hybridized carbons (Fsp3) is 0.333. The van der Waals surface area contributed by atoms with E-state index in [1.54, 1.807) is 0 Å². The second-order valence-electron chi connectivity index (χ2n) is 6.28. The van der Waals surface area contributed by atoms with Crippen molar-refractivity contribution in [2.45, 2.75) is 18.2 Å². The lowest BCUT2D eigenvalue weighted by molar-refractivity contribution is 0.101. The van der Waals surface area contributed by atoms with Crippen molar-refractivity contribution in [3.8, 4) is 0 Å². The first-order chi connectivity index (χ1) is 12.8. The third kappa shape index (κ3) is 4.27. The summed E-state index contributed by atoms with van der Waals surface area (Å²) in [6.07, 6.45) is 3.69. The van der Waals surface area contributed by atoms with Crippen LogP contribution in [0.5, 0.6) is 0 Å². The molecule has 0 amide bonds. The highest BCUT2D eigenvalue weighted by atomic mass is 35.5. The van der Waals surface area contributed by atoms with E-state index in [0.29, 0.717) is 53.9 Å². The zero-order valence-corrected chi connectivity index (χ0v) is 17.1. The lowest BCUT2D eigenvalue weighted by Crippen LogP contribution is -2.35. The standard InChI is InChI=1S/C18H19Cl2N3O3S/c1-13(24)14-3-5-15(6-4-14)27(25,26)23-8-2-7-22(9-10-23)18-16(19)11-21-12-17(18)20/h3-6,11-12H,2,7-10H2,1H3. The first kappa shape index (κ1) is 20.1. The molecule has 2 aromatic rings. The number of pyridine rings is 1. The van der Waals surface area contributed by atoms with Gasteiger partial charge >= 0.3 is 0 Å². The van der Waals surface area contributed by atoms with E-state index in [9.17, 15) is 13.2 Å². The van der Waals surface area contributed by atoms with Gasteiger partial charge in [0.25, 0.3) is 0 Å². The molecule has 3 rings (SSSR count). The van der Waals surface area contributed by atoms with Crippen LogP contribution in [0.4, 0.5) is 5.69 Å². The minimum absolute atomic E-state index is 0.101. The molecule has 1 aliphatic rings. The first-order valence-corrected chi connectivity index (χ1v) is 10.7. The average Bonchev–Trinajstić information content (AvgIpc) is 2.88. The Bertz CT molecular complexity index is 929. The number of ketones is 1. The van der Waals surface area contributed by atoms with Gasteiger partial charge in [0.15, 0.2) is 5.78 Å². The van der Waals surface area contributed by atoms with Crippen LogP contribution in [0.15, 0.2) is 41.6 Å². The molecule has 2 heterocycles. The van der Waals surface area contributed by atoms with Crippen molar-refractivity contribution in [2.75, 3.05) is 31.1 Å². The Hall–Kier alpha value is -1.67. The van der Waals surface area contributed by atoms with Crippen LogP contribution in [0.25, 0.3) is 0 Å². The Morgan fingerprint density at radius 3 is 2.22 bits per heavy atom. The number of nitrogens with zero attached hydrogens (tertiary/aromatic N) is 3. The number of halogens is 2. The molecule has 1 aromatic heterocycles. The smallest absolute Gasteiger partial charge is 0.243 e. The molecule has 0 atom stereocenters. The summed E-state index contributed by atoms with van der Waals surface area (Å²) in [5.74, 6) is -0.101. The van der Waals surface area contributed by atoms with Gasteiger partial charge in [-0.05, 0) is 25.5 Å². The molecule has 6 nitrogen and oxygen atoms in total. The number of hydrogen-bond donors (Lipinski definition) is 0. The molecule has 1 saturated heterocycles. The third-order valence-corrected chi connectivity index (χ3v) is 6.96. The van der Waals surface area contributed by atoms with Gasteiger partial charge in [0.05, 0.1) is 20.6 Å². The predicted octanol–water partition coefficient (Wildman–Crippen LogP) is 3.49. The molecule has 0 radical (unpaired) electrons. The fourth-order valence-corrected chi connectivity index (χ4v) is 5.15. The highest BCUT2D eigenvalue weighted by Crippen LogP contribution is 2.33. The van der Waals surface area contributed by atoms with Crippen molar-refractivity contribution in [1.82, 2.24) is 9.29 Å². The fourth-order valence-electron chi connectivity index (χ4n) is 3.08. The van der Waals surface area contributed by atoms with Crippen LogP contribution in [0.2, 0.25) is 10.0 Å². The minimum atomic E-state index is -3.64. The van der Waals surface area contributed by atoms with Crippen molar-refractivity contribution >= 4 is 44.7 Å². The van der Waals surface area contributed by atoms with Gasteiger partial charge in [-0.1, -0.05) is 35.3 Å². The van der Waals surface area contributed by atoms with Crippen molar-refractivity contribution in [2.24, 2.45) is 0 Å². The monoisotopic (exact) mass is 427 g/mol. The number of sulfonamides is 1. The van der Waals surface area contributed by atoms with Crippen molar-refractivity contribution in [3.05, 3.63) is 52.3 Å². The summed E-state index contributed by atoms with van der Waals surface area (Å²) in [4.78, 5) is 17.5. The minimum Gasteiger partial charge on any atom is -0.368 e. The number of rotatable bonds is 4. The summed E-state index contributed by atoms with van der Waals surface area (Å²) < 4.78 is 27.4. The molecule has 0 N–H and O–H groups in total. The largest absolute Gasteiger partial charge is 0.368 e. The first-order valence-electron chi connectivity index (χ1n) is 8.46. The molecule has 27 heavy (non-hydrogen) atoms.